The van der Waals surface area contributed by atoms with Crippen LogP contribution >= 0.6 is 7.82 Å². The van der Waals surface area contributed by atoms with Crippen molar-refractivity contribution in [2.24, 2.45) is 0 Å². The molecule has 0 bridgehead atoms. The minimum absolute atomic E-state index is 0. The van der Waals surface area contributed by atoms with Crippen LogP contribution in [0.15, 0.2) is 0 Å². The second-order valence-electron chi connectivity index (χ2n) is 0.630. The van der Waals surface area contributed by atoms with E-state index >= 15 is 0 Å². The quantitative estimate of drug-likeness (QED) is 0.267. The maximum atomic E-state index is 9.25. The van der Waals surface area contributed by atoms with E-state index in [0.717, 1.165) is 7.11 Å². The minimum Gasteiger partial charge on any atom is -0.790 e. The summed E-state index contributed by atoms with van der Waals surface area (Å²) in [6, 6.07) is 0. The van der Waals surface area contributed by atoms with Gasteiger partial charge in [-0.1, -0.05) is 0 Å². The molecule has 0 aromatic rings. The Kier molecular flexibility index (Phi) is 6.33. The van der Waals surface area contributed by atoms with E-state index in [0.29, 0.717) is 0 Å². The largest absolute Gasteiger partial charge is 1.00 e. The summed E-state index contributed by atoms with van der Waals surface area (Å²) in [5, 5.41) is 0. The van der Waals surface area contributed by atoms with Crippen LogP contribution in [-0.2, 0) is 9.09 Å². The van der Waals surface area contributed by atoms with Gasteiger partial charge in [0.05, 0.1) is 7.82 Å². The molecule has 0 aliphatic carbocycles. The van der Waals surface area contributed by atoms with Gasteiger partial charge in [-0.05, 0) is 0 Å². The summed E-state index contributed by atoms with van der Waals surface area (Å²) in [5.74, 6) is 0. The molecule has 0 aliphatic heterocycles. The fraction of sp³-hybridized carbons (Fsp3) is 1.00. The van der Waals surface area contributed by atoms with E-state index in [1.807, 2.05) is 0 Å². The fourth-order valence-electron chi connectivity index (χ4n) is 0. The fourth-order valence-corrected chi connectivity index (χ4v) is 0. The molecule has 0 aliphatic rings. The van der Waals surface area contributed by atoms with Crippen LogP contribution in [0.3, 0.4) is 0 Å². The van der Waals surface area contributed by atoms with Crippen molar-refractivity contribution >= 4 is 7.82 Å². The van der Waals surface area contributed by atoms with Gasteiger partial charge in [0.15, 0.2) is 0 Å². The Bertz CT molecular complexity index is 75.8. The van der Waals surface area contributed by atoms with Crippen molar-refractivity contribution in [3.05, 3.63) is 0 Å². The molecule has 7 heavy (non-hydrogen) atoms. The van der Waals surface area contributed by atoms with Crippen LogP contribution in [-0.4, -0.2) is 7.11 Å². The number of phosphoric acid groups is 1. The van der Waals surface area contributed by atoms with Gasteiger partial charge in [0.1, 0.15) is 0 Å². The van der Waals surface area contributed by atoms with E-state index < -0.39 is 7.82 Å². The number of rotatable bonds is 1. The third-order valence-electron chi connectivity index (χ3n) is 0.224. The Labute approximate surface area is 63.4 Å². The summed E-state index contributed by atoms with van der Waals surface area (Å²) in [4.78, 5) is 18.5. The smallest absolute Gasteiger partial charge is 0.790 e. The predicted octanol–water partition coefficient (Wildman–Crippen LogP) is -4.53. The van der Waals surface area contributed by atoms with Gasteiger partial charge in [-0.3, -0.25) is 0 Å². The van der Waals surface area contributed by atoms with Crippen LogP contribution in [0.2, 0.25) is 0 Å². The molecule has 0 atom stereocenters. The van der Waals surface area contributed by atoms with Gasteiger partial charge in [-0.15, -0.1) is 0 Å². The van der Waals surface area contributed by atoms with Crippen molar-refractivity contribution in [1.29, 1.82) is 0 Å². The molecule has 0 heterocycles. The van der Waals surface area contributed by atoms with Crippen molar-refractivity contribution in [3.8, 4) is 0 Å². The van der Waals surface area contributed by atoms with Crippen LogP contribution in [0, 0.1) is 0 Å². The zero-order chi connectivity index (χ0) is 5.21. The molecular formula is CH3NaO4P-. The zero-order valence-corrected chi connectivity index (χ0v) is 6.97. The molecule has 0 saturated heterocycles. The number of phosphoric ester groups is 1. The molecule has 38 valence electrons. The Balaban J connectivity index is 0. The Hall–Kier alpha value is 1.11. The Morgan fingerprint density at radius 3 is 1.71 bits per heavy atom. The first-order valence-electron chi connectivity index (χ1n) is 1.14. The number of hydrogen-bond donors (Lipinski definition) is 0. The van der Waals surface area contributed by atoms with Crippen LogP contribution in [0.4, 0.5) is 0 Å². The molecule has 0 N–H and O–H groups in total. The molecule has 6 heteroatoms. The molecule has 0 rings (SSSR count). The predicted molar refractivity (Wildman–Crippen MR) is 14.6 cm³/mol. The molecule has 0 unspecified atom stereocenters. The van der Waals surface area contributed by atoms with Crippen LogP contribution in [0.1, 0.15) is 0 Å². The average Bonchev–Trinajstić information content (AvgIpc) is 1.35. The second kappa shape index (κ2) is 4.04. The first-order valence-corrected chi connectivity index (χ1v) is 2.60. The van der Waals surface area contributed by atoms with E-state index in [1.54, 1.807) is 0 Å². The molecular weight excluding hydrogens is 130 g/mol. The average molecular weight is 133 g/mol. The van der Waals surface area contributed by atoms with Gasteiger partial charge < -0.3 is 18.9 Å². The van der Waals surface area contributed by atoms with Crippen LogP contribution in [0.5, 0.6) is 0 Å². The van der Waals surface area contributed by atoms with E-state index in [2.05, 4.69) is 4.52 Å². The van der Waals surface area contributed by atoms with Crippen molar-refractivity contribution in [1.82, 2.24) is 0 Å². The molecule has 0 aromatic carbocycles. The maximum Gasteiger partial charge on any atom is 1.00 e. The van der Waals surface area contributed by atoms with E-state index in [-0.39, 0.29) is 29.6 Å². The van der Waals surface area contributed by atoms with Gasteiger partial charge in [0, 0.05) is 7.11 Å². The van der Waals surface area contributed by atoms with Gasteiger partial charge in [0.2, 0.25) is 0 Å². The Morgan fingerprint density at radius 1 is 1.57 bits per heavy atom. The molecule has 0 radical (unpaired) electrons. The molecule has 4 nitrogen and oxygen atoms in total. The van der Waals surface area contributed by atoms with Crippen molar-refractivity contribution < 1.29 is 48.4 Å². The molecule has 0 aromatic heterocycles. The summed E-state index contributed by atoms with van der Waals surface area (Å²) < 4.78 is 12.6. The summed E-state index contributed by atoms with van der Waals surface area (Å²) in [7, 11) is -3.83. The van der Waals surface area contributed by atoms with E-state index in [4.69, 9.17) is 0 Å². The van der Waals surface area contributed by atoms with E-state index in [9.17, 15) is 14.4 Å². The van der Waals surface area contributed by atoms with Gasteiger partial charge >= 0.3 is 29.6 Å². The molecule has 0 fully saturated rings. The monoisotopic (exact) mass is 133 g/mol. The first kappa shape index (κ1) is 11.0. The van der Waals surface area contributed by atoms with Crippen molar-refractivity contribution in [2.75, 3.05) is 7.11 Å². The van der Waals surface area contributed by atoms with Gasteiger partial charge in [-0.2, -0.15) is 0 Å². The minimum atomic E-state index is -4.65. The topological polar surface area (TPSA) is 72.4 Å². The standard InChI is InChI=1S/CH5O4P.Na/c1-5-6(2,3)4;/h1H3,(H2,2,3,4);/q;+1/p-2. The van der Waals surface area contributed by atoms with Crippen LogP contribution in [0.25, 0.3) is 0 Å². The zero-order valence-electron chi connectivity index (χ0n) is 4.08. The molecule has 0 saturated carbocycles. The summed E-state index contributed by atoms with van der Waals surface area (Å²) in [6.07, 6.45) is 0. The number of hydrogen-bond acceptors (Lipinski definition) is 4. The van der Waals surface area contributed by atoms with Gasteiger partial charge in [0.25, 0.3) is 0 Å². The first-order chi connectivity index (χ1) is 2.56. The van der Waals surface area contributed by atoms with E-state index in [1.165, 1.54) is 0 Å². The molecule has 0 spiro atoms. The van der Waals surface area contributed by atoms with Crippen LogP contribution < -0.4 is 39.3 Å². The summed E-state index contributed by atoms with van der Waals surface area (Å²) in [6.45, 7) is 0. The van der Waals surface area contributed by atoms with Crippen molar-refractivity contribution in [3.63, 3.8) is 0 Å². The SMILES string of the molecule is COP(=O)([O-])[O-].[Na+]. The second-order valence-corrected chi connectivity index (χ2v) is 1.89. The third kappa shape index (κ3) is 11.0. The van der Waals surface area contributed by atoms with Crippen molar-refractivity contribution in [2.45, 2.75) is 0 Å². The Morgan fingerprint density at radius 2 is 1.71 bits per heavy atom. The summed E-state index contributed by atoms with van der Waals surface area (Å²) in [5.41, 5.74) is 0. The summed E-state index contributed by atoms with van der Waals surface area (Å²) >= 11 is 0. The van der Waals surface area contributed by atoms with Gasteiger partial charge in [-0.25, -0.2) is 0 Å². The molecule has 0 amide bonds. The third-order valence-corrected chi connectivity index (χ3v) is 0.671. The normalized spacial score (nSPS) is 10.1. The maximum absolute atomic E-state index is 9.25.